The smallest absolute Gasteiger partial charge is 0.292 e. The summed E-state index contributed by atoms with van der Waals surface area (Å²) in [6.45, 7) is 2.18. The normalized spacial score (nSPS) is 14.6. The SMILES string of the molecule is Nc1nonc1-n1nnc(CN2CCCCC2)c1C(=O)N/N=C/c1ccccc1[N+](=O)[O-]. The fourth-order valence-electron chi connectivity index (χ4n) is 3.44. The Hall–Kier alpha value is -4.20. The van der Waals surface area contributed by atoms with Crippen molar-refractivity contribution in [2.45, 2.75) is 25.8 Å². The molecule has 0 radical (unpaired) electrons. The maximum atomic E-state index is 13.0. The van der Waals surface area contributed by atoms with Crippen LogP contribution in [0.25, 0.3) is 5.82 Å². The lowest BCUT2D eigenvalue weighted by molar-refractivity contribution is -0.385. The van der Waals surface area contributed by atoms with E-state index in [-0.39, 0.29) is 28.6 Å². The molecule has 0 aliphatic carbocycles. The number of nitro benzene ring substituents is 1. The number of amides is 1. The van der Waals surface area contributed by atoms with Gasteiger partial charge in [0.15, 0.2) is 5.69 Å². The number of benzene rings is 1. The molecule has 3 aromatic rings. The van der Waals surface area contributed by atoms with E-state index in [1.54, 1.807) is 12.1 Å². The number of hydrogen-bond donors (Lipinski definition) is 2. The lowest BCUT2D eigenvalue weighted by atomic mass is 10.1. The van der Waals surface area contributed by atoms with Crippen LogP contribution < -0.4 is 11.2 Å². The number of hydrogen-bond acceptors (Lipinski definition) is 11. The summed E-state index contributed by atoms with van der Waals surface area (Å²) in [6, 6.07) is 6.04. The molecule has 3 heterocycles. The van der Waals surface area contributed by atoms with Gasteiger partial charge in [-0.3, -0.25) is 19.8 Å². The van der Waals surface area contributed by atoms with E-state index in [9.17, 15) is 14.9 Å². The highest BCUT2D eigenvalue weighted by molar-refractivity contribution is 5.95. The average Bonchev–Trinajstić information content (AvgIpc) is 3.40. The number of carbonyl (C=O) groups excluding carboxylic acids is 1. The van der Waals surface area contributed by atoms with Crippen molar-refractivity contribution in [1.82, 2.24) is 35.6 Å². The van der Waals surface area contributed by atoms with Gasteiger partial charge in [0.25, 0.3) is 11.6 Å². The monoisotopic (exact) mass is 440 g/mol. The molecule has 2 aromatic heterocycles. The Morgan fingerprint density at radius 3 is 2.78 bits per heavy atom. The number of nitrogen functional groups attached to an aromatic ring is 1. The zero-order valence-corrected chi connectivity index (χ0v) is 16.9. The van der Waals surface area contributed by atoms with E-state index in [0.29, 0.717) is 12.2 Å². The molecule has 0 bridgehead atoms. The van der Waals surface area contributed by atoms with E-state index >= 15 is 0 Å². The van der Waals surface area contributed by atoms with E-state index in [1.165, 1.54) is 18.3 Å². The molecule has 1 aromatic carbocycles. The van der Waals surface area contributed by atoms with Crippen molar-refractivity contribution >= 4 is 23.6 Å². The van der Waals surface area contributed by atoms with Crippen LogP contribution in [0.1, 0.15) is 41.0 Å². The van der Waals surface area contributed by atoms with Gasteiger partial charge in [-0.25, -0.2) is 10.1 Å². The molecular formula is C18H20N10O4. The summed E-state index contributed by atoms with van der Waals surface area (Å²) < 4.78 is 5.76. The van der Waals surface area contributed by atoms with Crippen molar-refractivity contribution in [3.05, 3.63) is 51.3 Å². The van der Waals surface area contributed by atoms with Crippen LogP contribution >= 0.6 is 0 Å². The summed E-state index contributed by atoms with van der Waals surface area (Å²) in [6.07, 6.45) is 4.49. The molecule has 1 saturated heterocycles. The van der Waals surface area contributed by atoms with Crippen LogP contribution in [0.15, 0.2) is 34.0 Å². The van der Waals surface area contributed by atoms with Crippen LogP contribution in [0.5, 0.6) is 0 Å². The number of hydrazone groups is 1. The Labute approximate surface area is 181 Å². The van der Waals surface area contributed by atoms with Crippen molar-refractivity contribution in [2.75, 3.05) is 18.8 Å². The number of nitrogens with one attached hydrogen (secondary N) is 1. The lowest BCUT2D eigenvalue weighted by Gasteiger charge is -2.25. The van der Waals surface area contributed by atoms with E-state index in [1.807, 2.05) is 0 Å². The summed E-state index contributed by atoms with van der Waals surface area (Å²) in [4.78, 5) is 25.8. The maximum Gasteiger partial charge on any atom is 0.292 e. The van der Waals surface area contributed by atoms with E-state index in [0.717, 1.165) is 37.0 Å². The average molecular weight is 440 g/mol. The Kier molecular flexibility index (Phi) is 6.12. The van der Waals surface area contributed by atoms with E-state index in [2.05, 4.69) is 40.7 Å². The molecule has 1 amide bonds. The van der Waals surface area contributed by atoms with Gasteiger partial charge in [-0.2, -0.15) is 9.78 Å². The van der Waals surface area contributed by atoms with Crippen molar-refractivity contribution < 1.29 is 14.3 Å². The van der Waals surface area contributed by atoms with Crippen LogP contribution in [0, 0.1) is 10.1 Å². The molecule has 1 aliphatic rings. The zero-order chi connectivity index (χ0) is 22.5. The first kappa shape index (κ1) is 21.0. The number of likely N-dealkylation sites (tertiary alicyclic amines) is 1. The van der Waals surface area contributed by atoms with Crippen molar-refractivity contribution in [3.8, 4) is 5.82 Å². The molecular weight excluding hydrogens is 420 g/mol. The second kappa shape index (κ2) is 9.30. The Bertz CT molecular complexity index is 1150. The first-order valence-corrected chi connectivity index (χ1v) is 9.86. The summed E-state index contributed by atoms with van der Waals surface area (Å²) in [7, 11) is 0. The molecule has 0 atom stereocenters. The van der Waals surface area contributed by atoms with Crippen molar-refractivity contribution in [1.29, 1.82) is 0 Å². The molecule has 0 unspecified atom stereocenters. The van der Waals surface area contributed by atoms with Crippen LogP contribution in [0.4, 0.5) is 11.5 Å². The van der Waals surface area contributed by atoms with Gasteiger partial charge >= 0.3 is 0 Å². The first-order valence-electron chi connectivity index (χ1n) is 9.86. The van der Waals surface area contributed by atoms with Gasteiger partial charge in [0.1, 0.15) is 5.69 Å². The second-order valence-corrected chi connectivity index (χ2v) is 7.12. The molecule has 4 rings (SSSR count). The lowest BCUT2D eigenvalue weighted by Crippen LogP contribution is -2.31. The Morgan fingerprint density at radius 1 is 1.28 bits per heavy atom. The third kappa shape index (κ3) is 4.44. The highest BCUT2D eigenvalue weighted by Gasteiger charge is 2.26. The maximum absolute atomic E-state index is 13.0. The Morgan fingerprint density at radius 2 is 2.06 bits per heavy atom. The third-order valence-electron chi connectivity index (χ3n) is 4.98. The number of rotatable bonds is 7. The number of carbonyl (C=O) groups is 1. The number of anilines is 1. The highest BCUT2D eigenvalue weighted by Crippen LogP contribution is 2.19. The highest BCUT2D eigenvalue weighted by atomic mass is 16.6. The van der Waals surface area contributed by atoms with Gasteiger partial charge in [-0.15, -0.1) is 5.10 Å². The Balaban J connectivity index is 1.60. The van der Waals surface area contributed by atoms with Crippen LogP contribution in [-0.2, 0) is 6.54 Å². The van der Waals surface area contributed by atoms with Crippen LogP contribution in [-0.4, -0.2) is 60.3 Å². The van der Waals surface area contributed by atoms with E-state index < -0.39 is 10.8 Å². The molecule has 166 valence electrons. The zero-order valence-electron chi connectivity index (χ0n) is 16.9. The largest absolute Gasteiger partial charge is 0.378 e. The first-order chi connectivity index (χ1) is 15.5. The molecule has 1 aliphatic heterocycles. The molecule has 3 N–H and O–H groups in total. The summed E-state index contributed by atoms with van der Waals surface area (Å²) in [5.74, 6) is -0.675. The number of nitro groups is 1. The molecule has 32 heavy (non-hydrogen) atoms. The minimum atomic E-state index is -0.640. The molecule has 0 saturated carbocycles. The van der Waals surface area contributed by atoms with Crippen LogP contribution in [0.3, 0.4) is 0 Å². The van der Waals surface area contributed by atoms with Crippen molar-refractivity contribution in [2.24, 2.45) is 5.10 Å². The topological polar surface area (TPSA) is 183 Å². The van der Waals surface area contributed by atoms with E-state index in [4.69, 9.17) is 5.73 Å². The molecule has 1 fully saturated rings. The van der Waals surface area contributed by atoms with Gasteiger partial charge in [-0.1, -0.05) is 23.8 Å². The third-order valence-corrected chi connectivity index (χ3v) is 4.98. The van der Waals surface area contributed by atoms with Gasteiger partial charge in [0, 0.05) is 12.6 Å². The fourth-order valence-corrected chi connectivity index (χ4v) is 3.44. The summed E-state index contributed by atoms with van der Waals surface area (Å²) >= 11 is 0. The minimum absolute atomic E-state index is 0.0234. The number of para-hydroxylation sites is 1. The second-order valence-electron chi connectivity index (χ2n) is 7.12. The summed E-state index contributed by atoms with van der Waals surface area (Å²) in [5.41, 5.74) is 8.71. The van der Waals surface area contributed by atoms with Gasteiger partial charge in [-0.05, 0) is 42.3 Å². The predicted octanol–water partition coefficient (Wildman–Crippen LogP) is 0.891. The minimum Gasteiger partial charge on any atom is -0.378 e. The van der Waals surface area contributed by atoms with Gasteiger partial charge in [0.05, 0.1) is 16.7 Å². The number of nitrogens with zero attached hydrogens (tertiary/aromatic N) is 8. The summed E-state index contributed by atoms with van der Waals surface area (Å²) in [5, 5.41) is 30.4. The fraction of sp³-hybridized carbons (Fsp3) is 0.333. The molecule has 14 nitrogen and oxygen atoms in total. The van der Waals surface area contributed by atoms with Crippen molar-refractivity contribution in [3.63, 3.8) is 0 Å². The molecule has 14 heteroatoms. The van der Waals surface area contributed by atoms with Crippen LogP contribution in [0.2, 0.25) is 0 Å². The quantitative estimate of drug-likeness (QED) is 0.304. The standard InChI is InChI=1S/C18H20N10O4/c19-16-17(24-32-23-16)27-15(13(21-25-27)11-26-8-4-1-5-9-26)18(29)22-20-10-12-6-2-3-7-14(12)28(30)31/h2-3,6-7,10H,1,4-5,8-9,11H2,(H2,19,23)(H,22,29)/b20-10+. The number of aromatic nitrogens is 5. The predicted molar refractivity (Wildman–Crippen MR) is 111 cm³/mol. The molecule has 0 spiro atoms. The van der Waals surface area contributed by atoms with Gasteiger partial charge in [0.2, 0.25) is 11.6 Å². The van der Waals surface area contributed by atoms with Gasteiger partial charge < -0.3 is 5.73 Å². The number of piperidine rings is 1. The number of nitrogens with two attached hydrogens (primary N) is 1.